The Labute approximate surface area is 170 Å². The van der Waals surface area contributed by atoms with Crippen LogP contribution in [0.3, 0.4) is 0 Å². The summed E-state index contributed by atoms with van der Waals surface area (Å²) in [4.78, 5) is 12.4. The number of H-pyrrole nitrogens is 1. The summed E-state index contributed by atoms with van der Waals surface area (Å²) >= 11 is 0. The first-order chi connectivity index (χ1) is 14.4. The fourth-order valence-corrected chi connectivity index (χ4v) is 4.40. The molecule has 5 heteroatoms. The highest BCUT2D eigenvalue weighted by Crippen LogP contribution is 2.39. The Morgan fingerprint density at radius 3 is 2.38 bits per heavy atom. The number of nitrogens with zero attached hydrogens (tertiary/aromatic N) is 3. The largest absolute Gasteiger partial charge is 0.381 e. The fraction of sp³-hybridized carbons (Fsp3) is 0.250. The molecule has 146 valence electrons. The Kier molecular flexibility index (Phi) is 4.74. The van der Waals surface area contributed by atoms with Gasteiger partial charge in [0.05, 0.1) is 35.9 Å². The molecule has 0 atom stereocenters. The Morgan fingerprint density at radius 2 is 1.69 bits per heavy atom. The molecule has 3 heterocycles. The van der Waals surface area contributed by atoms with Gasteiger partial charge >= 0.3 is 0 Å². The number of ether oxygens (including phenoxy) is 1. The summed E-state index contributed by atoms with van der Waals surface area (Å²) in [5.74, 6) is 0. The van der Waals surface area contributed by atoms with Crippen molar-refractivity contribution in [3.05, 3.63) is 85.1 Å². The molecule has 1 saturated heterocycles. The van der Waals surface area contributed by atoms with E-state index in [9.17, 15) is 0 Å². The van der Waals surface area contributed by atoms with Crippen LogP contribution in [-0.2, 0) is 16.7 Å². The average molecular weight is 384 g/mol. The van der Waals surface area contributed by atoms with Gasteiger partial charge in [-0.15, -0.1) is 0 Å². The number of aromatic nitrogens is 4. The lowest BCUT2D eigenvalue weighted by Crippen LogP contribution is -2.38. The van der Waals surface area contributed by atoms with Crippen LogP contribution in [0.5, 0.6) is 0 Å². The van der Waals surface area contributed by atoms with E-state index in [1.54, 1.807) is 6.33 Å². The normalized spacial score (nSPS) is 16.0. The zero-order valence-corrected chi connectivity index (χ0v) is 16.3. The highest BCUT2D eigenvalue weighted by atomic mass is 16.5. The van der Waals surface area contributed by atoms with Crippen molar-refractivity contribution in [2.45, 2.75) is 24.8 Å². The third-order valence-corrected chi connectivity index (χ3v) is 5.95. The Hall–Kier alpha value is -3.18. The highest BCUT2D eigenvalue weighted by Gasteiger charge is 2.36. The fourth-order valence-electron chi connectivity index (χ4n) is 4.40. The minimum atomic E-state index is 0.0307. The molecule has 5 nitrogen and oxygen atoms in total. The van der Waals surface area contributed by atoms with Crippen molar-refractivity contribution in [3.63, 3.8) is 0 Å². The molecule has 4 aromatic rings. The summed E-state index contributed by atoms with van der Waals surface area (Å²) < 4.78 is 8.01. The SMILES string of the molecule is c1ccc(-c2ncn(CC3(c4ccccc4)CCOCC3)c2-c2cnc[nH]2)cc1. The number of benzene rings is 2. The molecule has 0 amide bonds. The molecular weight excluding hydrogens is 360 g/mol. The molecule has 0 radical (unpaired) electrons. The first kappa shape index (κ1) is 17.9. The summed E-state index contributed by atoms with van der Waals surface area (Å²) in [7, 11) is 0. The van der Waals surface area contributed by atoms with Crippen molar-refractivity contribution in [1.29, 1.82) is 0 Å². The van der Waals surface area contributed by atoms with Crippen molar-refractivity contribution < 1.29 is 4.74 Å². The molecule has 1 N–H and O–H groups in total. The van der Waals surface area contributed by atoms with Crippen molar-refractivity contribution in [1.82, 2.24) is 19.5 Å². The van der Waals surface area contributed by atoms with E-state index < -0.39 is 0 Å². The zero-order chi connectivity index (χ0) is 19.5. The second kappa shape index (κ2) is 7.68. The van der Waals surface area contributed by atoms with E-state index in [0.717, 1.165) is 55.2 Å². The second-order valence-electron chi connectivity index (χ2n) is 7.66. The van der Waals surface area contributed by atoms with Crippen molar-refractivity contribution in [2.24, 2.45) is 0 Å². The van der Waals surface area contributed by atoms with Crippen LogP contribution in [0.15, 0.2) is 79.5 Å². The average Bonchev–Trinajstić information content (AvgIpc) is 3.45. The molecule has 0 spiro atoms. The van der Waals surface area contributed by atoms with Gasteiger partial charge in [-0.3, -0.25) is 0 Å². The van der Waals surface area contributed by atoms with E-state index in [4.69, 9.17) is 9.72 Å². The van der Waals surface area contributed by atoms with Crippen LogP contribution < -0.4 is 0 Å². The number of aromatic amines is 1. The predicted molar refractivity (Wildman–Crippen MR) is 113 cm³/mol. The quantitative estimate of drug-likeness (QED) is 0.543. The molecule has 5 rings (SSSR count). The lowest BCUT2D eigenvalue weighted by atomic mass is 9.74. The lowest BCUT2D eigenvalue weighted by molar-refractivity contribution is 0.0436. The molecule has 29 heavy (non-hydrogen) atoms. The Morgan fingerprint density at radius 1 is 0.966 bits per heavy atom. The number of nitrogens with one attached hydrogen (secondary N) is 1. The summed E-state index contributed by atoms with van der Waals surface area (Å²) in [5, 5.41) is 0. The van der Waals surface area contributed by atoms with Gasteiger partial charge in [0.2, 0.25) is 0 Å². The van der Waals surface area contributed by atoms with Crippen molar-refractivity contribution in [2.75, 3.05) is 13.2 Å². The maximum Gasteiger partial charge on any atom is 0.0979 e. The maximum atomic E-state index is 5.72. The molecule has 2 aromatic heterocycles. The second-order valence-corrected chi connectivity index (χ2v) is 7.66. The molecule has 1 aliphatic heterocycles. The van der Waals surface area contributed by atoms with Crippen LogP contribution in [-0.4, -0.2) is 32.7 Å². The van der Waals surface area contributed by atoms with E-state index in [1.165, 1.54) is 5.56 Å². The van der Waals surface area contributed by atoms with Crippen LogP contribution in [0.1, 0.15) is 18.4 Å². The molecule has 1 aliphatic rings. The van der Waals surface area contributed by atoms with E-state index in [2.05, 4.69) is 69.1 Å². The molecule has 1 fully saturated rings. The van der Waals surface area contributed by atoms with Gasteiger partial charge in [-0.25, -0.2) is 9.97 Å². The Balaban J connectivity index is 1.61. The number of hydrogen-bond acceptors (Lipinski definition) is 3. The van der Waals surface area contributed by atoms with Crippen LogP contribution in [0.25, 0.3) is 22.6 Å². The van der Waals surface area contributed by atoms with Gasteiger partial charge < -0.3 is 14.3 Å². The lowest BCUT2D eigenvalue weighted by Gasteiger charge is -2.38. The van der Waals surface area contributed by atoms with Crippen molar-refractivity contribution >= 4 is 0 Å². The molecular formula is C24H24N4O. The number of rotatable bonds is 5. The predicted octanol–water partition coefficient (Wildman–Crippen LogP) is 4.69. The zero-order valence-electron chi connectivity index (χ0n) is 16.3. The van der Waals surface area contributed by atoms with E-state index in [-0.39, 0.29) is 5.41 Å². The van der Waals surface area contributed by atoms with Gasteiger partial charge in [0, 0.05) is 30.7 Å². The molecule has 0 aliphatic carbocycles. The molecule has 2 aromatic carbocycles. The van der Waals surface area contributed by atoms with Gasteiger partial charge in [-0.1, -0.05) is 60.7 Å². The van der Waals surface area contributed by atoms with Crippen LogP contribution in [0.2, 0.25) is 0 Å². The van der Waals surface area contributed by atoms with Gasteiger partial charge in [0.15, 0.2) is 0 Å². The maximum absolute atomic E-state index is 5.72. The van der Waals surface area contributed by atoms with E-state index in [1.807, 2.05) is 18.6 Å². The van der Waals surface area contributed by atoms with Gasteiger partial charge in [-0.05, 0) is 18.4 Å². The van der Waals surface area contributed by atoms with Crippen LogP contribution in [0, 0.1) is 0 Å². The highest BCUT2D eigenvalue weighted by molar-refractivity contribution is 5.76. The molecule has 0 unspecified atom stereocenters. The summed E-state index contributed by atoms with van der Waals surface area (Å²) in [6, 6.07) is 21.2. The number of imidazole rings is 2. The van der Waals surface area contributed by atoms with Gasteiger partial charge in [-0.2, -0.15) is 0 Å². The number of hydrogen-bond donors (Lipinski definition) is 1. The summed E-state index contributed by atoms with van der Waals surface area (Å²) in [6.07, 6.45) is 7.57. The first-order valence-electron chi connectivity index (χ1n) is 10.1. The molecule has 0 bridgehead atoms. The molecule has 0 saturated carbocycles. The van der Waals surface area contributed by atoms with E-state index in [0.29, 0.717) is 0 Å². The standard InChI is InChI=1S/C24H24N4O/c1-3-7-19(8-4-1)22-23(21-15-25-17-26-21)28(18-27-22)16-24(11-13-29-14-12-24)20-9-5-2-6-10-20/h1-10,15,17-18H,11-14,16H2,(H,25,26). The van der Waals surface area contributed by atoms with Gasteiger partial charge in [0.25, 0.3) is 0 Å². The topological polar surface area (TPSA) is 55.7 Å². The van der Waals surface area contributed by atoms with E-state index >= 15 is 0 Å². The third kappa shape index (κ3) is 3.38. The van der Waals surface area contributed by atoms with Crippen LogP contribution >= 0.6 is 0 Å². The monoisotopic (exact) mass is 384 g/mol. The minimum Gasteiger partial charge on any atom is -0.381 e. The van der Waals surface area contributed by atoms with Crippen molar-refractivity contribution in [3.8, 4) is 22.6 Å². The van der Waals surface area contributed by atoms with Crippen LogP contribution in [0.4, 0.5) is 0 Å². The first-order valence-corrected chi connectivity index (χ1v) is 10.1. The minimum absolute atomic E-state index is 0.0307. The van der Waals surface area contributed by atoms with Gasteiger partial charge in [0.1, 0.15) is 0 Å². The smallest absolute Gasteiger partial charge is 0.0979 e. The summed E-state index contributed by atoms with van der Waals surface area (Å²) in [5.41, 5.74) is 5.55. The Bertz CT molecular complexity index is 1050. The third-order valence-electron chi connectivity index (χ3n) is 5.95. The summed E-state index contributed by atoms with van der Waals surface area (Å²) in [6.45, 7) is 2.43.